The molecule has 0 spiro atoms. The Morgan fingerprint density at radius 1 is 0.760 bits per heavy atom. The minimum Gasteiger partial charge on any atom is -0.237 e. The standard InChI is InChI=1S/C21H14N4/c1-15-19(25-21(14-23)20(13-22)24-15)12-9-16-7-10-18(11-8-16)17-5-3-2-4-6-17/h2-12H,1H3/b12-9+. The minimum absolute atomic E-state index is 0.0483. The van der Waals surface area contributed by atoms with Crippen molar-refractivity contribution in [2.75, 3.05) is 0 Å². The van der Waals surface area contributed by atoms with Crippen LogP contribution in [0, 0.1) is 29.6 Å². The van der Waals surface area contributed by atoms with Crippen LogP contribution in [0.3, 0.4) is 0 Å². The third-order valence-electron chi connectivity index (χ3n) is 3.77. The van der Waals surface area contributed by atoms with Gasteiger partial charge in [-0.25, -0.2) is 9.97 Å². The van der Waals surface area contributed by atoms with Gasteiger partial charge in [-0.15, -0.1) is 0 Å². The average Bonchev–Trinajstić information content (AvgIpc) is 2.68. The van der Waals surface area contributed by atoms with E-state index >= 15 is 0 Å². The Morgan fingerprint density at radius 2 is 1.36 bits per heavy atom. The number of rotatable bonds is 3. The molecular weight excluding hydrogens is 308 g/mol. The number of hydrogen-bond donors (Lipinski definition) is 0. The van der Waals surface area contributed by atoms with Crippen molar-refractivity contribution in [3.63, 3.8) is 0 Å². The maximum atomic E-state index is 9.06. The molecule has 4 nitrogen and oxygen atoms in total. The van der Waals surface area contributed by atoms with Gasteiger partial charge in [0.2, 0.25) is 0 Å². The molecule has 0 fully saturated rings. The summed E-state index contributed by atoms with van der Waals surface area (Å²) in [7, 11) is 0. The lowest BCUT2D eigenvalue weighted by Crippen LogP contribution is -2.00. The fraction of sp³-hybridized carbons (Fsp3) is 0.0476. The lowest BCUT2D eigenvalue weighted by atomic mass is 10.0. The Bertz CT molecular complexity index is 1000. The van der Waals surface area contributed by atoms with E-state index < -0.39 is 0 Å². The zero-order chi connectivity index (χ0) is 17.6. The van der Waals surface area contributed by atoms with Crippen LogP contribution < -0.4 is 0 Å². The largest absolute Gasteiger partial charge is 0.237 e. The summed E-state index contributed by atoms with van der Waals surface area (Å²) in [6, 6.07) is 22.1. The molecule has 0 aliphatic rings. The molecule has 4 heteroatoms. The van der Waals surface area contributed by atoms with Gasteiger partial charge in [0.15, 0.2) is 11.4 Å². The normalized spacial score (nSPS) is 10.4. The molecule has 0 bridgehead atoms. The average molecular weight is 322 g/mol. The molecule has 0 atom stereocenters. The summed E-state index contributed by atoms with van der Waals surface area (Å²) in [5, 5.41) is 18.0. The Labute approximate surface area is 146 Å². The summed E-state index contributed by atoms with van der Waals surface area (Å²) in [5.41, 5.74) is 4.65. The third-order valence-corrected chi connectivity index (χ3v) is 3.77. The lowest BCUT2D eigenvalue weighted by molar-refractivity contribution is 1.05. The molecule has 1 heterocycles. The molecule has 1 aromatic heterocycles. The molecule has 0 saturated carbocycles. The molecule has 0 amide bonds. The second kappa shape index (κ2) is 7.21. The van der Waals surface area contributed by atoms with Crippen molar-refractivity contribution in [3.8, 4) is 23.3 Å². The van der Waals surface area contributed by atoms with Crippen molar-refractivity contribution in [1.29, 1.82) is 10.5 Å². The molecule has 0 aliphatic carbocycles. The van der Waals surface area contributed by atoms with E-state index in [0.717, 1.165) is 11.1 Å². The monoisotopic (exact) mass is 322 g/mol. The zero-order valence-electron chi connectivity index (χ0n) is 13.6. The highest BCUT2D eigenvalue weighted by atomic mass is 14.8. The third kappa shape index (κ3) is 3.60. The molecule has 0 N–H and O–H groups in total. The van der Waals surface area contributed by atoms with Crippen molar-refractivity contribution in [2.45, 2.75) is 6.92 Å². The van der Waals surface area contributed by atoms with Crippen LogP contribution >= 0.6 is 0 Å². The second-order valence-corrected chi connectivity index (χ2v) is 5.44. The predicted molar refractivity (Wildman–Crippen MR) is 97.0 cm³/mol. The van der Waals surface area contributed by atoms with Crippen LogP contribution in [-0.2, 0) is 0 Å². The zero-order valence-corrected chi connectivity index (χ0v) is 13.6. The molecule has 25 heavy (non-hydrogen) atoms. The summed E-state index contributed by atoms with van der Waals surface area (Å²) < 4.78 is 0. The SMILES string of the molecule is Cc1nc(C#N)c(C#N)nc1/C=C/c1ccc(-c2ccccc2)cc1. The topological polar surface area (TPSA) is 73.4 Å². The molecular formula is C21H14N4. The highest BCUT2D eigenvalue weighted by molar-refractivity contribution is 5.71. The van der Waals surface area contributed by atoms with Gasteiger partial charge in [-0.2, -0.15) is 10.5 Å². The Balaban J connectivity index is 1.86. The van der Waals surface area contributed by atoms with E-state index in [4.69, 9.17) is 10.5 Å². The lowest BCUT2D eigenvalue weighted by Gasteiger charge is -2.03. The van der Waals surface area contributed by atoms with E-state index in [-0.39, 0.29) is 11.4 Å². The molecule has 3 rings (SSSR count). The number of benzene rings is 2. The van der Waals surface area contributed by atoms with Crippen molar-refractivity contribution in [3.05, 3.63) is 82.9 Å². The van der Waals surface area contributed by atoms with Gasteiger partial charge >= 0.3 is 0 Å². The first-order chi connectivity index (χ1) is 12.2. The fourth-order valence-corrected chi connectivity index (χ4v) is 2.44. The Hall–Kier alpha value is -3.76. The number of aromatic nitrogens is 2. The van der Waals surface area contributed by atoms with Gasteiger partial charge in [-0.1, -0.05) is 60.7 Å². The minimum atomic E-state index is 0.0483. The van der Waals surface area contributed by atoms with Gasteiger partial charge in [-0.3, -0.25) is 0 Å². The van der Waals surface area contributed by atoms with Crippen LogP contribution in [0.15, 0.2) is 54.6 Å². The van der Waals surface area contributed by atoms with E-state index in [1.54, 1.807) is 6.92 Å². The number of nitrogens with zero attached hydrogens (tertiary/aromatic N) is 4. The van der Waals surface area contributed by atoms with Crippen molar-refractivity contribution in [1.82, 2.24) is 9.97 Å². The summed E-state index contributed by atoms with van der Waals surface area (Å²) >= 11 is 0. The Kier molecular flexibility index (Phi) is 4.65. The van der Waals surface area contributed by atoms with Gasteiger partial charge in [0, 0.05) is 0 Å². The van der Waals surface area contributed by atoms with Gasteiger partial charge in [0.05, 0.1) is 11.4 Å². The van der Waals surface area contributed by atoms with Crippen molar-refractivity contribution < 1.29 is 0 Å². The maximum Gasteiger partial charge on any atom is 0.177 e. The van der Waals surface area contributed by atoms with Gasteiger partial charge in [0.1, 0.15) is 12.1 Å². The Morgan fingerprint density at radius 3 is 2.00 bits per heavy atom. The van der Waals surface area contributed by atoms with E-state index in [9.17, 15) is 0 Å². The van der Waals surface area contributed by atoms with Crippen LogP contribution in [0.25, 0.3) is 23.3 Å². The predicted octanol–water partition coefficient (Wildman–Crippen LogP) is 4.37. The molecule has 0 unspecified atom stereocenters. The number of hydrogen-bond acceptors (Lipinski definition) is 4. The summed E-state index contributed by atoms with van der Waals surface area (Å²) in [6.07, 6.45) is 3.72. The van der Waals surface area contributed by atoms with Crippen LogP contribution in [0.5, 0.6) is 0 Å². The second-order valence-electron chi connectivity index (χ2n) is 5.44. The molecule has 0 radical (unpaired) electrons. The highest BCUT2D eigenvalue weighted by Crippen LogP contribution is 2.20. The smallest absolute Gasteiger partial charge is 0.177 e. The molecule has 0 saturated heterocycles. The summed E-state index contributed by atoms with van der Waals surface area (Å²) in [5.74, 6) is 0. The molecule has 0 aliphatic heterocycles. The van der Waals surface area contributed by atoms with E-state index in [1.165, 1.54) is 5.56 Å². The molecule has 3 aromatic rings. The first kappa shape index (κ1) is 16.1. The van der Waals surface area contributed by atoms with Crippen LogP contribution in [0.4, 0.5) is 0 Å². The molecule has 2 aromatic carbocycles. The highest BCUT2D eigenvalue weighted by Gasteiger charge is 2.08. The first-order valence-corrected chi connectivity index (χ1v) is 7.73. The van der Waals surface area contributed by atoms with E-state index in [0.29, 0.717) is 11.4 Å². The van der Waals surface area contributed by atoms with E-state index in [1.807, 2.05) is 54.6 Å². The van der Waals surface area contributed by atoms with Crippen LogP contribution in [0.2, 0.25) is 0 Å². The van der Waals surface area contributed by atoms with Crippen molar-refractivity contribution >= 4 is 12.2 Å². The summed E-state index contributed by atoms with van der Waals surface area (Å²) in [4.78, 5) is 8.34. The summed E-state index contributed by atoms with van der Waals surface area (Å²) in [6.45, 7) is 1.77. The first-order valence-electron chi connectivity index (χ1n) is 7.73. The quantitative estimate of drug-likeness (QED) is 0.718. The number of aryl methyl sites for hydroxylation is 1. The maximum absolute atomic E-state index is 9.06. The van der Waals surface area contributed by atoms with Gasteiger partial charge < -0.3 is 0 Å². The van der Waals surface area contributed by atoms with E-state index in [2.05, 4.69) is 34.2 Å². The number of nitriles is 2. The molecule has 118 valence electrons. The van der Waals surface area contributed by atoms with Gasteiger partial charge in [-0.05, 0) is 29.7 Å². The fourth-order valence-electron chi connectivity index (χ4n) is 2.44. The van der Waals surface area contributed by atoms with Gasteiger partial charge in [0.25, 0.3) is 0 Å². The van der Waals surface area contributed by atoms with Crippen LogP contribution in [0.1, 0.15) is 28.3 Å². The van der Waals surface area contributed by atoms with Crippen LogP contribution in [-0.4, -0.2) is 9.97 Å². The van der Waals surface area contributed by atoms with Crippen molar-refractivity contribution in [2.24, 2.45) is 0 Å².